The molecule has 2 unspecified atom stereocenters. The number of benzene rings is 1. The Hall–Kier alpha value is -2.87. The number of sulfonamides is 1. The summed E-state index contributed by atoms with van der Waals surface area (Å²) in [7, 11) is -3.69. The maximum atomic E-state index is 12.5. The Kier molecular flexibility index (Phi) is 4.80. The molecule has 2 N–H and O–H groups in total. The summed E-state index contributed by atoms with van der Waals surface area (Å²) in [6.07, 6.45) is 4.07. The van der Waals surface area contributed by atoms with E-state index in [9.17, 15) is 13.2 Å². The first kappa shape index (κ1) is 18.5. The number of nitrogens with one attached hydrogen (secondary N) is 2. The average molecular weight is 413 g/mol. The van der Waals surface area contributed by atoms with Gasteiger partial charge in [0.1, 0.15) is 0 Å². The van der Waals surface area contributed by atoms with Gasteiger partial charge in [-0.05, 0) is 36.1 Å². The number of aromatic nitrogens is 2. The third-order valence-electron chi connectivity index (χ3n) is 4.51. The van der Waals surface area contributed by atoms with Crippen LogP contribution in [0.4, 0.5) is 5.13 Å². The third-order valence-corrected chi connectivity index (χ3v) is 6.85. The zero-order chi connectivity index (χ0) is 19.7. The highest BCUT2D eigenvalue weighted by Gasteiger charge is 2.44. The van der Waals surface area contributed by atoms with Crippen LogP contribution in [0.3, 0.4) is 0 Å². The van der Waals surface area contributed by atoms with Gasteiger partial charge in [-0.3, -0.25) is 9.78 Å². The van der Waals surface area contributed by atoms with Crippen molar-refractivity contribution < 1.29 is 13.2 Å². The second-order valence-electron chi connectivity index (χ2n) is 6.35. The van der Waals surface area contributed by atoms with E-state index >= 15 is 0 Å². The highest BCUT2D eigenvalue weighted by molar-refractivity contribution is 7.89. The quantitative estimate of drug-likeness (QED) is 0.597. The molecule has 28 heavy (non-hydrogen) atoms. The molecule has 1 amide bonds. The van der Waals surface area contributed by atoms with Crippen LogP contribution in [0.15, 0.2) is 47.6 Å². The minimum atomic E-state index is -3.69. The van der Waals surface area contributed by atoms with Crippen LogP contribution < -0.4 is 10.0 Å². The van der Waals surface area contributed by atoms with Crippen LogP contribution in [0.25, 0.3) is 10.2 Å². The Bertz CT molecular complexity index is 1150. The molecule has 1 aliphatic rings. The number of thiazole rings is 1. The maximum absolute atomic E-state index is 12.5. The van der Waals surface area contributed by atoms with Gasteiger partial charge in [-0.2, -0.15) is 9.98 Å². The number of amides is 1. The van der Waals surface area contributed by atoms with Gasteiger partial charge in [-0.25, -0.2) is 13.4 Å². The lowest BCUT2D eigenvalue weighted by Crippen LogP contribution is -2.23. The minimum absolute atomic E-state index is 0.0554. The van der Waals surface area contributed by atoms with Crippen LogP contribution in [0.1, 0.15) is 17.9 Å². The van der Waals surface area contributed by atoms with Crippen LogP contribution in [-0.4, -0.2) is 30.8 Å². The van der Waals surface area contributed by atoms with Crippen LogP contribution in [0.2, 0.25) is 0 Å². The number of pyridine rings is 1. The zero-order valence-corrected chi connectivity index (χ0v) is 16.1. The predicted octanol–water partition coefficient (Wildman–Crippen LogP) is 2.24. The van der Waals surface area contributed by atoms with E-state index in [1.807, 2.05) is 0 Å². The molecule has 4 rings (SSSR count). The molecule has 0 aliphatic heterocycles. The van der Waals surface area contributed by atoms with Crippen molar-refractivity contribution in [2.45, 2.75) is 17.2 Å². The van der Waals surface area contributed by atoms with Crippen LogP contribution in [0.5, 0.6) is 0 Å². The number of carbonyl (C=O) groups is 1. The average Bonchev–Trinajstić information content (AvgIpc) is 3.40. The standard InChI is InChI=1S/C18H15N5O3S2/c19-6-8-21-28(25,26)12-3-1-11(2-4-12)13-9-14(13)17(24)23-18-22-15-5-7-20-10-16(15)27-18/h1-5,7,10,13-14,21H,8-9H2,(H,22,23,24). The summed E-state index contributed by atoms with van der Waals surface area (Å²) in [6, 6.07) is 9.93. The van der Waals surface area contributed by atoms with E-state index in [2.05, 4.69) is 20.0 Å². The molecule has 1 aliphatic carbocycles. The van der Waals surface area contributed by atoms with Gasteiger partial charge in [0, 0.05) is 18.3 Å². The first-order valence-corrected chi connectivity index (χ1v) is 10.8. The van der Waals surface area contributed by atoms with Crippen LogP contribution in [0, 0.1) is 17.2 Å². The van der Waals surface area contributed by atoms with Gasteiger partial charge in [0.2, 0.25) is 15.9 Å². The van der Waals surface area contributed by atoms with Gasteiger partial charge < -0.3 is 5.32 Å². The number of hydrogen-bond donors (Lipinski definition) is 2. The van der Waals surface area contributed by atoms with Crippen molar-refractivity contribution in [3.8, 4) is 6.07 Å². The molecule has 10 heteroatoms. The van der Waals surface area contributed by atoms with Gasteiger partial charge in [0.05, 0.1) is 27.7 Å². The zero-order valence-electron chi connectivity index (χ0n) is 14.5. The molecule has 3 aromatic rings. The van der Waals surface area contributed by atoms with Crippen molar-refractivity contribution in [1.29, 1.82) is 5.26 Å². The minimum Gasteiger partial charge on any atom is -0.302 e. The fourth-order valence-corrected chi connectivity index (χ4v) is 4.74. The SMILES string of the molecule is N#CCNS(=O)(=O)c1ccc(C2CC2C(=O)Nc2nc3ccncc3s2)cc1. The van der Waals surface area contributed by atoms with Crippen molar-refractivity contribution in [2.75, 3.05) is 11.9 Å². The second-order valence-corrected chi connectivity index (χ2v) is 9.15. The molecule has 1 aromatic carbocycles. The number of hydrogen-bond acceptors (Lipinski definition) is 7. The second kappa shape index (κ2) is 7.27. The largest absolute Gasteiger partial charge is 0.302 e. The molecule has 0 bridgehead atoms. The summed E-state index contributed by atoms with van der Waals surface area (Å²) in [5, 5.41) is 11.9. The Morgan fingerprint density at radius 3 is 2.79 bits per heavy atom. The molecule has 1 saturated carbocycles. The smallest absolute Gasteiger partial charge is 0.241 e. The normalized spacial score (nSPS) is 18.5. The Morgan fingerprint density at radius 2 is 2.07 bits per heavy atom. The van der Waals surface area contributed by atoms with E-state index in [4.69, 9.17) is 5.26 Å². The number of nitrogens with zero attached hydrogens (tertiary/aromatic N) is 3. The molecule has 2 heterocycles. The molecule has 2 aromatic heterocycles. The Balaban J connectivity index is 1.41. The molecule has 0 spiro atoms. The summed E-state index contributed by atoms with van der Waals surface area (Å²) < 4.78 is 27.1. The highest BCUT2D eigenvalue weighted by Crippen LogP contribution is 2.48. The fraction of sp³-hybridized carbons (Fsp3) is 0.222. The van der Waals surface area contributed by atoms with Gasteiger partial charge in [0.15, 0.2) is 5.13 Å². The molecule has 142 valence electrons. The maximum Gasteiger partial charge on any atom is 0.241 e. The Morgan fingerprint density at radius 1 is 1.29 bits per heavy atom. The van der Waals surface area contributed by atoms with Crippen molar-refractivity contribution in [1.82, 2.24) is 14.7 Å². The van der Waals surface area contributed by atoms with E-state index < -0.39 is 10.0 Å². The van der Waals surface area contributed by atoms with Gasteiger partial charge in [-0.15, -0.1) is 0 Å². The van der Waals surface area contributed by atoms with E-state index in [-0.39, 0.29) is 29.2 Å². The lowest BCUT2D eigenvalue weighted by atomic mass is 10.1. The van der Waals surface area contributed by atoms with E-state index in [1.165, 1.54) is 23.5 Å². The summed E-state index contributed by atoms with van der Waals surface area (Å²) in [4.78, 5) is 21.0. The molecular formula is C18H15N5O3S2. The van der Waals surface area contributed by atoms with E-state index in [0.717, 1.165) is 15.8 Å². The highest BCUT2D eigenvalue weighted by atomic mass is 32.2. The van der Waals surface area contributed by atoms with Crippen molar-refractivity contribution >= 4 is 42.6 Å². The third kappa shape index (κ3) is 3.73. The Labute approximate surface area is 165 Å². The lowest BCUT2D eigenvalue weighted by Gasteiger charge is -2.05. The monoisotopic (exact) mass is 413 g/mol. The summed E-state index contributed by atoms with van der Waals surface area (Å²) in [6.45, 7) is -0.281. The molecule has 0 saturated heterocycles. The number of anilines is 1. The van der Waals surface area contributed by atoms with E-state index in [0.29, 0.717) is 11.6 Å². The van der Waals surface area contributed by atoms with Crippen LogP contribution >= 0.6 is 11.3 Å². The number of carbonyl (C=O) groups excluding carboxylic acids is 1. The van der Waals surface area contributed by atoms with Crippen molar-refractivity contribution in [2.24, 2.45) is 5.92 Å². The number of fused-ring (bicyclic) bond motifs is 1. The van der Waals surface area contributed by atoms with Crippen molar-refractivity contribution in [3.05, 3.63) is 48.3 Å². The van der Waals surface area contributed by atoms with E-state index in [1.54, 1.807) is 36.7 Å². The van der Waals surface area contributed by atoms with Gasteiger partial charge in [-0.1, -0.05) is 23.5 Å². The van der Waals surface area contributed by atoms with Gasteiger partial charge >= 0.3 is 0 Å². The fourth-order valence-electron chi connectivity index (χ4n) is 2.99. The first-order chi connectivity index (χ1) is 13.5. The molecule has 2 atom stereocenters. The number of nitriles is 1. The lowest BCUT2D eigenvalue weighted by molar-refractivity contribution is -0.117. The summed E-state index contributed by atoms with van der Waals surface area (Å²) >= 11 is 1.38. The molecular weight excluding hydrogens is 398 g/mol. The topological polar surface area (TPSA) is 125 Å². The molecule has 0 radical (unpaired) electrons. The molecule has 1 fully saturated rings. The van der Waals surface area contributed by atoms with Crippen LogP contribution in [-0.2, 0) is 14.8 Å². The molecule has 8 nitrogen and oxygen atoms in total. The summed E-state index contributed by atoms with van der Waals surface area (Å²) in [5.41, 5.74) is 1.71. The predicted molar refractivity (Wildman–Crippen MR) is 104 cm³/mol. The summed E-state index contributed by atoms with van der Waals surface area (Å²) in [5.74, 6) is -0.200. The number of rotatable bonds is 6. The van der Waals surface area contributed by atoms with Gasteiger partial charge in [0.25, 0.3) is 0 Å². The first-order valence-electron chi connectivity index (χ1n) is 8.46. The van der Waals surface area contributed by atoms with Crippen molar-refractivity contribution in [3.63, 3.8) is 0 Å².